The molecule has 172 valence electrons. The summed E-state index contributed by atoms with van der Waals surface area (Å²) in [6.07, 6.45) is 1.27. The van der Waals surface area contributed by atoms with Gasteiger partial charge in [0.25, 0.3) is 11.8 Å². The summed E-state index contributed by atoms with van der Waals surface area (Å²) < 4.78 is 10.6. The van der Waals surface area contributed by atoms with Crippen LogP contribution in [0.25, 0.3) is 17.4 Å². The number of hydrazine groups is 1. The van der Waals surface area contributed by atoms with Gasteiger partial charge in [0.2, 0.25) is 0 Å². The van der Waals surface area contributed by atoms with Gasteiger partial charge >= 0.3 is 11.9 Å². The highest BCUT2D eigenvalue weighted by Gasteiger charge is 2.35. The summed E-state index contributed by atoms with van der Waals surface area (Å²) in [6.45, 7) is 1.93. The third-order valence-electron chi connectivity index (χ3n) is 4.95. The van der Waals surface area contributed by atoms with E-state index >= 15 is 0 Å². The van der Waals surface area contributed by atoms with Crippen LogP contribution in [0.4, 0.5) is 5.69 Å². The molecule has 34 heavy (non-hydrogen) atoms. The van der Waals surface area contributed by atoms with Gasteiger partial charge in [0, 0.05) is 5.56 Å². The molecule has 1 aliphatic heterocycles. The molecule has 1 fully saturated rings. The topological polar surface area (TPSA) is 146 Å². The van der Waals surface area contributed by atoms with Crippen molar-refractivity contribution in [3.63, 3.8) is 0 Å². The largest absolute Gasteiger partial charge is 0.507 e. The van der Waals surface area contributed by atoms with Crippen molar-refractivity contribution in [2.75, 3.05) is 11.6 Å². The number of carboxylic acids is 1. The van der Waals surface area contributed by atoms with E-state index in [0.717, 1.165) is 5.01 Å². The minimum absolute atomic E-state index is 0.174. The van der Waals surface area contributed by atoms with Gasteiger partial charge in [0.05, 0.1) is 17.9 Å². The van der Waals surface area contributed by atoms with E-state index in [9.17, 15) is 24.3 Å². The zero-order chi connectivity index (χ0) is 24.4. The predicted octanol–water partition coefficient (Wildman–Crippen LogP) is 2.99. The molecule has 0 spiro atoms. The van der Waals surface area contributed by atoms with E-state index in [0.29, 0.717) is 16.8 Å². The monoisotopic (exact) mass is 462 g/mol. The third kappa shape index (κ3) is 4.24. The summed E-state index contributed by atoms with van der Waals surface area (Å²) in [7, 11) is 0. The van der Waals surface area contributed by atoms with Crippen molar-refractivity contribution < 1.29 is 38.5 Å². The molecule has 3 N–H and O–H groups in total. The fourth-order valence-electron chi connectivity index (χ4n) is 3.29. The maximum Gasteiger partial charge on any atom is 0.339 e. The van der Waals surface area contributed by atoms with E-state index in [4.69, 9.17) is 14.3 Å². The number of hydrogen-bond acceptors (Lipinski definition) is 7. The Morgan fingerprint density at radius 3 is 2.50 bits per heavy atom. The molecule has 1 aliphatic rings. The van der Waals surface area contributed by atoms with Gasteiger partial charge in [-0.3, -0.25) is 15.0 Å². The summed E-state index contributed by atoms with van der Waals surface area (Å²) >= 11 is 0. The predicted molar refractivity (Wildman–Crippen MR) is 119 cm³/mol. The van der Waals surface area contributed by atoms with Crippen LogP contribution in [0.15, 0.2) is 64.6 Å². The highest BCUT2D eigenvalue weighted by Crippen LogP contribution is 2.29. The third-order valence-corrected chi connectivity index (χ3v) is 4.95. The molecule has 0 radical (unpaired) electrons. The Bertz CT molecular complexity index is 1340. The van der Waals surface area contributed by atoms with Crippen molar-refractivity contribution >= 4 is 35.5 Å². The Hall–Kier alpha value is -4.86. The summed E-state index contributed by atoms with van der Waals surface area (Å²) in [5, 5.41) is 19.9. The summed E-state index contributed by atoms with van der Waals surface area (Å²) in [4.78, 5) is 48.3. The Labute approximate surface area is 192 Å². The molecule has 4 rings (SSSR count). The van der Waals surface area contributed by atoms with Crippen LogP contribution in [0.2, 0.25) is 0 Å². The summed E-state index contributed by atoms with van der Waals surface area (Å²) in [6, 6.07) is 13.0. The second kappa shape index (κ2) is 8.94. The lowest BCUT2D eigenvalue weighted by atomic mass is 10.1. The van der Waals surface area contributed by atoms with Gasteiger partial charge in [-0.25, -0.2) is 14.6 Å². The number of hydrogen-bond donors (Lipinski definition) is 3. The number of anilines is 1. The molecule has 10 nitrogen and oxygen atoms in total. The second-order valence-corrected chi connectivity index (χ2v) is 7.15. The molecule has 0 aliphatic carbocycles. The van der Waals surface area contributed by atoms with Crippen molar-refractivity contribution in [3.8, 4) is 17.1 Å². The lowest BCUT2D eigenvalue weighted by Crippen LogP contribution is -2.35. The molecule has 0 unspecified atom stereocenters. The smallest absolute Gasteiger partial charge is 0.339 e. The Morgan fingerprint density at radius 1 is 1.09 bits per heavy atom. The van der Waals surface area contributed by atoms with Crippen LogP contribution in [0.1, 0.15) is 33.4 Å². The number of benzene rings is 2. The number of aromatic hydroxyl groups is 1. The second-order valence-electron chi connectivity index (χ2n) is 7.15. The van der Waals surface area contributed by atoms with E-state index in [1.54, 1.807) is 13.0 Å². The quantitative estimate of drug-likeness (QED) is 0.288. The van der Waals surface area contributed by atoms with Crippen LogP contribution < -0.4 is 10.4 Å². The van der Waals surface area contributed by atoms with Crippen molar-refractivity contribution in [1.82, 2.24) is 5.43 Å². The van der Waals surface area contributed by atoms with Gasteiger partial charge in [-0.15, -0.1) is 0 Å². The fourth-order valence-corrected chi connectivity index (χ4v) is 3.29. The zero-order valence-corrected chi connectivity index (χ0v) is 17.8. The van der Waals surface area contributed by atoms with Crippen molar-refractivity contribution in [1.29, 1.82) is 0 Å². The van der Waals surface area contributed by atoms with Crippen LogP contribution in [0.3, 0.4) is 0 Å². The molecular weight excluding hydrogens is 444 g/mol. The Balaban J connectivity index is 1.56. The van der Waals surface area contributed by atoms with Crippen LogP contribution >= 0.6 is 0 Å². The first-order valence-electron chi connectivity index (χ1n) is 10.1. The minimum Gasteiger partial charge on any atom is -0.507 e. The fraction of sp³-hybridized carbons (Fsp3) is 0.0833. The summed E-state index contributed by atoms with van der Waals surface area (Å²) in [5.74, 6) is -2.96. The molecule has 0 saturated carbocycles. The molecular formula is C24H18N2O8. The minimum atomic E-state index is -1.29. The van der Waals surface area contributed by atoms with E-state index < -0.39 is 23.8 Å². The lowest BCUT2D eigenvalue weighted by molar-refractivity contribution is -0.117. The molecule has 1 saturated heterocycles. The Morgan fingerprint density at radius 2 is 1.82 bits per heavy atom. The number of rotatable bonds is 6. The number of carbonyl (C=O) groups is 4. The first kappa shape index (κ1) is 22.3. The maximum atomic E-state index is 12.8. The number of carbonyl (C=O) groups excluding carboxylic acids is 3. The zero-order valence-electron chi connectivity index (χ0n) is 17.8. The number of nitrogens with one attached hydrogen (secondary N) is 1. The maximum absolute atomic E-state index is 12.8. The first-order valence-corrected chi connectivity index (χ1v) is 10.1. The average molecular weight is 462 g/mol. The van der Waals surface area contributed by atoms with Crippen LogP contribution in [-0.2, 0) is 14.3 Å². The van der Waals surface area contributed by atoms with Crippen molar-refractivity contribution in [3.05, 3.63) is 77.1 Å². The first-order chi connectivity index (χ1) is 16.3. The van der Waals surface area contributed by atoms with Gasteiger partial charge in [0.1, 0.15) is 28.4 Å². The van der Waals surface area contributed by atoms with E-state index in [1.165, 1.54) is 54.6 Å². The number of carboxylic acid groups (broad SMARTS) is 1. The van der Waals surface area contributed by atoms with Gasteiger partial charge in [0.15, 0.2) is 0 Å². The molecule has 2 heterocycles. The molecule has 0 bridgehead atoms. The number of furan rings is 1. The van der Waals surface area contributed by atoms with Gasteiger partial charge < -0.3 is 19.4 Å². The molecule has 2 aromatic carbocycles. The molecule has 2 amide bonds. The van der Waals surface area contributed by atoms with Crippen LogP contribution in [0.5, 0.6) is 5.75 Å². The lowest BCUT2D eigenvalue weighted by Gasteiger charge is -2.14. The SMILES string of the molecule is CCOC(=O)c1ccc(N2NC(=O)C(=Cc3ccc(-c4ccc(O)c(C(=O)O)c4)o3)C2=O)cc1. The molecule has 3 aromatic rings. The number of aromatic carboxylic acids is 1. The van der Waals surface area contributed by atoms with E-state index in [2.05, 4.69) is 5.43 Å². The highest BCUT2D eigenvalue weighted by atomic mass is 16.5. The molecule has 10 heteroatoms. The molecule has 1 aromatic heterocycles. The number of nitrogens with zero attached hydrogens (tertiary/aromatic N) is 1. The number of ether oxygens (including phenoxy) is 1. The highest BCUT2D eigenvalue weighted by molar-refractivity contribution is 6.31. The van der Waals surface area contributed by atoms with E-state index in [-0.39, 0.29) is 35.0 Å². The normalized spacial score (nSPS) is 14.4. The van der Waals surface area contributed by atoms with Crippen LogP contribution in [0, 0.1) is 0 Å². The number of amides is 2. The van der Waals surface area contributed by atoms with Crippen molar-refractivity contribution in [2.45, 2.75) is 6.92 Å². The number of phenols is 1. The average Bonchev–Trinajstić information content (AvgIpc) is 3.40. The standard InChI is InChI=1S/C24H18N2O8/c1-2-33-24(32)13-3-6-15(7-4-13)26-22(29)18(21(28)25-26)12-16-8-10-20(34-16)14-5-9-19(27)17(11-14)23(30)31/h3-12,27H,2H2,1H3,(H,25,28)(H,30,31). The van der Waals surface area contributed by atoms with Gasteiger partial charge in [-0.2, -0.15) is 0 Å². The van der Waals surface area contributed by atoms with Crippen molar-refractivity contribution in [2.24, 2.45) is 0 Å². The molecule has 0 atom stereocenters. The van der Waals surface area contributed by atoms with E-state index in [1.807, 2.05) is 0 Å². The number of esters is 1. The Kier molecular flexibility index (Phi) is 5.88. The van der Waals surface area contributed by atoms with Gasteiger partial charge in [-0.1, -0.05) is 0 Å². The van der Waals surface area contributed by atoms with Gasteiger partial charge in [-0.05, 0) is 67.6 Å². The van der Waals surface area contributed by atoms with Crippen LogP contribution in [-0.4, -0.2) is 40.6 Å². The summed E-state index contributed by atoms with van der Waals surface area (Å²) in [5.41, 5.74) is 3.04.